The summed E-state index contributed by atoms with van der Waals surface area (Å²) in [6, 6.07) is 1.19. The van der Waals surface area contributed by atoms with Gasteiger partial charge in [-0.3, -0.25) is 4.90 Å². The summed E-state index contributed by atoms with van der Waals surface area (Å²) in [5.41, 5.74) is 0. The van der Waals surface area contributed by atoms with Crippen LogP contribution in [0.1, 0.15) is 40.0 Å². The molecule has 2 aliphatic heterocycles. The number of alkyl halides is 1. The highest BCUT2D eigenvalue weighted by atomic mass is 79.9. The highest BCUT2D eigenvalue weighted by molar-refractivity contribution is 9.10. The molecule has 2 saturated heterocycles. The molecule has 0 amide bonds. The van der Waals surface area contributed by atoms with E-state index in [2.05, 4.69) is 41.6 Å². The van der Waals surface area contributed by atoms with Crippen molar-refractivity contribution >= 4 is 15.9 Å². The predicted octanol–water partition coefficient (Wildman–Crippen LogP) is 2.35. The molecule has 2 nitrogen and oxygen atoms in total. The van der Waals surface area contributed by atoms with Gasteiger partial charge in [0.1, 0.15) is 4.45 Å². The Hall–Kier alpha value is 0.400. The van der Waals surface area contributed by atoms with Gasteiger partial charge in [0.05, 0.1) is 6.10 Å². The van der Waals surface area contributed by atoms with E-state index >= 15 is 0 Å². The summed E-state index contributed by atoms with van der Waals surface area (Å²) in [6.45, 7) is 6.69. The van der Waals surface area contributed by atoms with Gasteiger partial charge >= 0.3 is 0 Å². The quantitative estimate of drug-likeness (QED) is 0.579. The minimum Gasteiger partial charge on any atom is -0.390 e. The van der Waals surface area contributed by atoms with Crippen LogP contribution in [0.25, 0.3) is 0 Å². The Morgan fingerprint density at radius 3 is 2.57 bits per heavy atom. The predicted molar refractivity (Wildman–Crippen MR) is 61.4 cm³/mol. The van der Waals surface area contributed by atoms with E-state index in [1.807, 2.05) is 0 Å². The van der Waals surface area contributed by atoms with E-state index in [4.69, 9.17) is 0 Å². The first-order chi connectivity index (χ1) is 6.48. The van der Waals surface area contributed by atoms with Gasteiger partial charge < -0.3 is 5.11 Å². The van der Waals surface area contributed by atoms with Crippen molar-refractivity contribution in [3.05, 3.63) is 0 Å². The fourth-order valence-corrected chi connectivity index (χ4v) is 4.46. The third kappa shape index (κ3) is 1.29. The van der Waals surface area contributed by atoms with Crippen molar-refractivity contribution in [3.8, 4) is 0 Å². The molecular weight excluding hydrogens is 242 g/mol. The molecule has 2 fully saturated rings. The van der Waals surface area contributed by atoms with Gasteiger partial charge in [0.2, 0.25) is 0 Å². The van der Waals surface area contributed by atoms with Crippen molar-refractivity contribution in [3.63, 3.8) is 0 Å². The number of nitrogens with zero attached hydrogens (tertiary/aromatic N) is 1. The minimum atomic E-state index is -0.210. The lowest BCUT2D eigenvalue weighted by molar-refractivity contribution is -0.0282. The Morgan fingerprint density at radius 1 is 1.43 bits per heavy atom. The molecule has 4 atom stereocenters. The Balaban J connectivity index is 2.34. The van der Waals surface area contributed by atoms with Gasteiger partial charge in [0.25, 0.3) is 0 Å². The van der Waals surface area contributed by atoms with Crippen LogP contribution in [-0.4, -0.2) is 32.6 Å². The zero-order valence-electron chi connectivity index (χ0n) is 9.20. The fourth-order valence-electron chi connectivity index (χ4n) is 3.35. The van der Waals surface area contributed by atoms with Crippen LogP contribution in [0.4, 0.5) is 0 Å². The number of hydrogen-bond acceptors (Lipinski definition) is 2. The van der Waals surface area contributed by atoms with Crippen LogP contribution in [-0.2, 0) is 0 Å². The Labute approximate surface area is 94.8 Å². The molecule has 0 radical (unpaired) electrons. The van der Waals surface area contributed by atoms with Crippen LogP contribution in [0.3, 0.4) is 0 Å². The topological polar surface area (TPSA) is 23.5 Å². The van der Waals surface area contributed by atoms with Crippen molar-refractivity contribution < 1.29 is 5.11 Å². The molecule has 3 heteroatoms. The molecule has 2 heterocycles. The molecule has 0 aromatic carbocycles. The first kappa shape index (κ1) is 10.9. The van der Waals surface area contributed by atoms with Crippen molar-refractivity contribution in [1.29, 1.82) is 0 Å². The molecule has 2 aliphatic rings. The van der Waals surface area contributed by atoms with Crippen LogP contribution >= 0.6 is 15.9 Å². The van der Waals surface area contributed by atoms with Crippen molar-refractivity contribution in [1.82, 2.24) is 4.90 Å². The summed E-state index contributed by atoms with van der Waals surface area (Å²) in [4.78, 5) is 2.48. The molecule has 0 saturated carbocycles. The van der Waals surface area contributed by atoms with Gasteiger partial charge in [-0.2, -0.15) is 0 Å². The number of hydrogen-bond donors (Lipinski definition) is 1. The summed E-state index contributed by atoms with van der Waals surface area (Å²) in [5, 5.41) is 10.2. The van der Waals surface area contributed by atoms with Crippen LogP contribution in [0.5, 0.6) is 0 Å². The van der Waals surface area contributed by atoms with E-state index in [0.29, 0.717) is 18.0 Å². The Kier molecular flexibility index (Phi) is 2.70. The zero-order chi connectivity index (χ0) is 10.5. The lowest BCUT2D eigenvalue weighted by Crippen LogP contribution is -2.58. The van der Waals surface area contributed by atoms with Gasteiger partial charge in [-0.25, -0.2) is 0 Å². The number of halogens is 1. The smallest absolute Gasteiger partial charge is 0.106 e. The highest BCUT2D eigenvalue weighted by Gasteiger charge is 2.57. The van der Waals surface area contributed by atoms with E-state index in [1.54, 1.807) is 0 Å². The maximum Gasteiger partial charge on any atom is 0.106 e. The second-order valence-electron chi connectivity index (χ2n) is 5.11. The normalized spacial score (nSPS) is 48.9. The third-order valence-corrected chi connectivity index (χ3v) is 5.62. The van der Waals surface area contributed by atoms with E-state index < -0.39 is 0 Å². The van der Waals surface area contributed by atoms with E-state index in [-0.39, 0.29) is 10.6 Å². The average molecular weight is 262 g/mol. The standard InChI is InChI=1S/C11H20BrNO/c1-7(2)13-9-4-5-10(14)11(13,12)8(3)6-9/h7-10,14H,4-6H2,1-3H3. The molecule has 1 N–H and O–H groups in total. The average Bonchev–Trinajstić information content (AvgIpc) is 2.30. The Bertz CT molecular complexity index is 227. The van der Waals surface area contributed by atoms with E-state index in [9.17, 15) is 5.11 Å². The van der Waals surface area contributed by atoms with E-state index in [1.165, 1.54) is 6.42 Å². The fraction of sp³-hybridized carbons (Fsp3) is 1.00. The van der Waals surface area contributed by atoms with E-state index in [0.717, 1.165) is 12.8 Å². The lowest BCUT2D eigenvalue weighted by Gasteiger charge is -2.48. The monoisotopic (exact) mass is 261 g/mol. The lowest BCUT2D eigenvalue weighted by atomic mass is 9.94. The number of aliphatic hydroxyl groups excluding tert-OH is 1. The molecule has 0 aliphatic carbocycles. The summed E-state index contributed by atoms with van der Waals surface area (Å²) in [5.74, 6) is 0.549. The maximum absolute atomic E-state index is 10.2. The van der Waals surface area contributed by atoms with Gasteiger partial charge in [-0.05, 0) is 39.0 Å². The molecule has 2 bridgehead atoms. The zero-order valence-corrected chi connectivity index (χ0v) is 10.8. The second kappa shape index (κ2) is 3.46. The maximum atomic E-state index is 10.2. The molecule has 0 aromatic rings. The van der Waals surface area contributed by atoms with Crippen LogP contribution in [0.2, 0.25) is 0 Å². The van der Waals surface area contributed by atoms with Crippen molar-refractivity contribution in [2.75, 3.05) is 0 Å². The van der Waals surface area contributed by atoms with Crippen LogP contribution < -0.4 is 0 Å². The largest absolute Gasteiger partial charge is 0.390 e. The summed E-state index contributed by atoms with van der Waals surface area (Å²) >= 11 is 3.81. The Morgan fingerprint density at radius 2 is 2.07 bits per heavy atom. The molecule has 4 unspecified atom stereocenters. The molecular formula is C11H20BrNO. The van der Waals surface area contributed by atoms with Crippen LogP contribution in [0.15, 0.2) is 0 Å². The van der Waals surface area contributed by atoms with Crippen molar-refractivity contribution in [2.45, 2.75) is 62.7 Å². The SMILES string of the molecule is CC(C)N1C2CCC(O)C1(Br)C(C)C2. The second-order valence-corrected chi connectivity index (χ2v) is 6.38. The highest BCUT2D eigenvalue weighted by Crippen LogP contribution is 2.52. The van der Waals surface area contributed by atoms with Crippen LogP contribution in [0, 0.1) is 5.92 Å². The van der Waals surface area contributed by atoms with Gasteiger partial charge in [-0.1, -0.05) is 22.9 Å². The number of fused-ring (bicyclic) bond motifs is 2. The molecule has 14 heavy (non-hydrogen) atoms. The molecule has 2 rings (SSSR count). The first-order valence-electron chi connectivity index (χ1n) is 5.63. The summed E-state index contributed by atoms with van der Waals surface area (Å²) < 4.78 is -0.149. The first-order valence-corrected chi connectivity index (χ1v) is 6.42. The molecule has 0 spiro atoms. The number of piperidine rings is 1. The summed E-state index contributed by atoms with van der Waals surface area (Å²) in [6.07, 6.45) is 3.11. The van der Waals surface area contributed by atoms with Gasteiger partial charge in [0.15, 0.2) is 0 Å². The molecule has 0 aromatic heterocycles. The van der Waals surface area contributed by atoms with Gasteiger partial charge in [-0.15, -0.1) is 0 Å². The number of rotatable bonds is 1. The summed E-state index contributed by atoms with van der Waals surface area (Å²) in [7, 11) is 0. The van der Waals surface area contributed by atoms with Gasteiger partial charge in [0, 0.05) is 12.1 Å². The third-order valence-electron chi connectivity index (χ3n) is 3.90. The minimum absolute atomic E-state index is 0.149. The van der Waals surface area contributed by atoms with Crippen molar-refractivity contribution in [2.24, 2.45) is 5.92 Å². The molecule has 82 valence electrons. The number of aliphatic hydroxyl groups is 1.